The molecule has 1 unspecified atom stereocenters. The number of amides is 1. The van der Waals surface area contributed by atoms with Gasteiger partial charge in [0.2, 0.25) is 4.33 Å². The minimum Gasteiger partial charge on any atom is -0.479 e. The Balaban J connectivity index is 0.000000331. The molecule has 1 atom stereocenters. The van der Waals surface area contributed by atoms with Gasteiger partial charge in [0.05, 0.1) is 16.8 Å². The molecule has 0 radical (unpaired) electrons. The lowest BCUT2D eigenvalue weighted by Gasteiger charge is -2.18. The van der Waals surface area contributed by atoms with Crippen molar-refractivity contribution in [2.45, 2.75) is 69.5 Å². The zero-order valence-corrected chi connectivity index (χ0v) is 30.9. The molecule has 3 aromatic carbocycles. The maximum atomic E-state index is 11.0. The zero-order valence-electron chi connectivity index (χ0n) is 27.8. The van der Waals surface area contributed by atoms with Gasteiger partial charge in [-0.2, -0.15) is 0 Å². The number of hydrogen-bond acceptors (Lipinski definition) is 4. The third kappa shape index (κ3) is 15.9. The molecule has 0 fully saturated rings. The van der Waals surface area contributed by atoms with Gasteiger partial charge in [0.25, 0.3) is 0 Å². The van der Waals surface area contributed by atoms with Gasteiger partial charge < -0.3 is 20.4 Å². The SMILES string of the molecule is CCCC(C)c1ccc(C(=O)O)cc1.CCCC(Cl)(Cl)C(=O)O.O=C(O)N1CCC=Cc2ccccc21.O=C(O)c1ccc(CCBr)cc1. The van der Waals surface area contributed by atoms with Crippen LogP contribution in [0.1, 0.15) is 96.2 Å². The minimum atomic E-state index is -1.59. The minimum absolute atomic E-state index is 0.283. The second-order valence-corrected chi connectivity index (χ2v) is 13.3. The van der Waals surface area contributed by atoms with Gasteiger partial charge in [0.1, 0.15) is 0 Å². The van der Waals surface area contributed by atoms with E-state index >= 15 is 0 Å². The Labute approximate surface area is 306 Å². The topological polar surface area (TPSA) is 152 Å². The molecule has 1 heterocycles. The molecule has 4 N–H and O–H groups in total. The van der Waals surface area contributed by atoms with Crippen LogP contribution in [0.3, 0.4) is 0 Å². The maximum absolute atomic E-state index is 11.0. The molecule has 4 rings (SSSR count). The Morgan fingerprint density at radius 3 is 1.84 bits per heavy atom. The van der Waals surface area contributed by atoms with Crippen LogP contribution in [0.2, 0.25) is 0 Å². The number of para-hydroxylation sites is 1. The average molecular weight is 782 g/mol. The van der Waals surface area contributed by atoms with E-state index in [0.29, 0.717) is 30.0 Å². The van der Waals surface area contributed by atoms with Gasteiger partial charge in [-0.15, -0.1) is 0 Å². The summed E-state index contributed by atoms with van der Waals surface area (Å²) in [5, 5.41) is 35.5. The van der Waals surface area contributed by atoms with Crippen molar-refractivity contribution in [1.82, 2.24) is 0 Å². The number of rotatable bonds is 10. The molecule has 0 bridgehead atoms. The van der Waals surface area contributed by atoms with Gasteiger partial charge in [-0.3, -0.25) is 4.90 Å². The number of aryl methyl sites for hydroxylation is 1. The number of nitrogens with zero attached hydrogens (tertiary/aromatic N) is 1. The fraction of sp³-hybridized carbons (Fsp3) is 0.351. The molecule has 0 saturated heterocycles. The zero-order chi connectivity index (χ0) is 37.0. The van der Waals surface area contributed by atoms with Gasteiger partial charge in [-0.05, 0) is 78.6 Å². The summed E-state index contributed by atoms with van der Waals surface area (Å²) < 4.78 is -1.59. The molecule has 0 aliphatic carbocycles. The predicted molar refractivity (Wildman–Crippen MR) is 200 cm³/mol. The molecular weight excluding hydrogens is 737 g/mol. The molecule has 0 spiro atoms. The van der Waals surface area contributed by atoms with Crippen LogP contribution in [0, 0.1) is 0 Å². The summed E-state index contributed by atoms with van der Waals surface area (Å²) >= 11 is 14.0. The molecular formula is C37H44BrCl2NO8. The molecule has 0 aromatic heterocycles. The summed E-state index contributed by atoms with van der Waals surface area (Å²) in [5.41, 5.74) is 4.81. The Hall–Kier alpha value is -3.86. The fourth-order valence-corrected chi connectivity index (χ4v) is 5.34. The number of aliphatic carboxylic acids is 1. The lowest BCUT2D eigenvalue weighted by atomic mass is 9.96. The smallest absolute Gasteiger partial charge is 0.411 e. The van der Waals surface area contributed by atoms with E-state index in [9.17, 15) is 19.2 Å². The van der Waals surface area contributed by atoms with Crippen molar-refractivity contribution in [2.75, 3.05) is 16.8 Å². The van der Waals surface area contributed by atoms with E-state index in [1.807, 2.05) is 67.6 Å². The summed E-state index contributed by atoms with van der Waals surface area (Å²) in [5.74, 6) is -2.39. The van der Waals surface area contributed by atoms with E-state index in [4.69, 9.17) is 43.6 Å². The highest BCUT2D eigenvalue weighted by Crippen LogP contribution is 2.27. The van der Waals surface area contributed by atoms with Crippen molar-refractivity contribution in [3.8, 4) is 0 Å². The normalized spacial score (nSPS) is 12.2. The van der Waals surface area contributed by atoms with Crippen LogP contribution < -0.4 is 4.90 Å². The van der Waals surface area contributed by atoms with Crippen LogP contribution in [0.5, 0.6) is 0 Å². The summed E-state index contributed by atoms with van der Waals surface area (Å²) in [7, 11) is 0. The first kappa shape index (κ1) is 43.2. The number of carboxylic acids is 3. The van der Waals surface area contributed by atoms with Crippen LogP contribution in [0.15, 0.2) is 78.9 Å². The number of halogens is 3. The average Bonchev–Trinajstić information content (AvgIpc) is 3.29. The summed E-state index contributed by atoms with van der Waals surface area (Å²) in [4.78, 5) is 43.6. The van der Waals surface area contributed by atoms with Gasteiger partial charge >= 0.3 is 24.0 Å². The van der Waals surface area contributed by atoms with Crippen molar-refractivity contribution >= 4 is 74.9 Å². The molecule has 12 heteroatoms. The van der Waals surface area contributed by atoms with E-state index in [2.05, 4.69) is 29.8 Å². The first-order valence-corrected chi connectivity index (χ1v) is 17.6. The van der Waals surface area contributed by atoms with Crippen LogP contribution in [0.4, 0.5) is 10.5 Å². The molecule has 1 amide bonds. The van der Waals surface area contributed by atoms with Crippen LogP contribution >= 0.6 is 39.1 Å². The van der Waals surface area contributed by atoms with Gasteiger partial charge in [-0.1, -0.05) is 127 Å². The van der Waals surface area contributed by atoms with Crippen molar-refractivity contribution in [3.63, 3.8) is 0 Å². The van der Waals surface area contributed by atoms with E-state index in [1.54, 1.807) is 24.3 Å². The Kier molecular flexibility index (Phi) is 20.0. The largest absolute Gasteiger partial charge is 0.479 e. The highest BCUT2D eigenvalue weighted by atomic mass is 79.9. The number of fused-ring (bicyclic) bond motifs is 1. The number of benzene rings is 3. The molecule has 3 aromatic rings. The molecule has 0 saturated carbocycles. The first-order valence-electron chi connectivity index (χ1n) is 15.8. The number of carbonyl (C=O) groups is 4. The maximum Gasteiger partial charge on any atom is 0.411 e. The molecule has 1 aliphatic heterocycles. The summed E-state index contributed by atoms with van der Waals surface area (Å²) in [6.07, 6.45) is 8.03. The van der Waals surface area contributed by atoms with Gasteiger partial charge in [-0.25, -0.2) is 19.2 Å². The van der Waals surface area contributed by atoms with Crippen LogP contribution in [-0.2, 0) is 11.2 Å². The van der Waals surface area contributed by atoms with Gasteiger partial charge in [0, 0.05) is 11.9 Å². The standard InChI is InChI=1S/C12H16O2.C11H11NO2.C9H9BrO2.C5H8Cl2O2/c1-3-4-9(2)10-5-7-11(8-6-10)12(13)14;13-11(14)12-8-4-3-6-9-5-1-2-7-10(9)12;10-6-5-7-1-3-8(4-2-7)9(11)12;1-2-3-5(6,7)4(8)9/h5-9H,3-4H2,1-2H3,(H,13,14);1-3,5-7H,4,8H2,(H,13,14);1-4H,5-6H2,(H,11,12);2-3H2,1H3,(H,8,9). The Morgan fingerprint density at radius 1 is 0.837 bits per heavy atom. The Morgan fingerprint density at radius 2 is 1.39 bits per heavy atom. The second kappa shape index (κ2) is 22.7. The Bertz CT molecular complexity index is 1510. The predicted octanol–water partition coefficient (Wildman–Crippen LogP) is 10.2. The van der Waals surface area contributed by atoms with Crippen LogP contribution in [-0.4, -0.2) is 60.6 Å². The van der Waals surface area contributed by atoms with Crippen LogP contribution in [0.25, 0.3) is 6.08 Å². The number of carboxylic acid groups (broad SMARTS) is 4. The van der Waals surface area contributed by atoms with E-state index < -0.39 is 28.3 Å². The van der Waals surface area contributed by atoms with Crippen molar-refractivity contribution in [1.29, 1.82) is 0 Å². The summed E-state index contributed by atoms with van der Waals surface area (Å²) in [6, 6.07) is 21.6. The molecule has 266 valence electrons. The van der Waals surface area contributed by atoms with Crippen molar-refractivity contribution in [3.05, 3.63) is 107 Å². The number of aromatic carboxylic acids is 2. The third-order valence-corrected chi connectivity index (χ3v) is 8.28. The highest BCUT2D eigenvalue weighted by Gasteiger charge is 2.31. The number of alkyl halides is 3. The van der Waals surface area contributed by atoms with Crippen molar-refractivity contribution in [2.24, 2.45) is 0 Å². The number of hydrogen-bond donors (Lipinski definition) is 4. The highest BCUT2D eigenvalue weighted by molar-refractivity contribution is 9.09. The lowest BCUT2D eigenvalue weighted by Crippen LogP contribution is -2.29. The second-order valence-electron chi connectivity index (χ2n) is 11.0. The van der Waals surface area contributed by atoms with E-state index in [-0.39, 0.29) is 6.42 Å². The third-order valence-electron chi connectivity index (χ3n) is 7.18. The fourth-order valence-electron chi connectivity index (χ4n) is 4.51. The lowest BCUT2D eigenvalue weighted by molar-refractivity contribution is -0.138. The monoisotopic (exact) mass is 779 g/mol. The van der Waals surface area contributed by atoms with E-state index in [0.717, 1.165) is 47.8 Å². The molecule has 9 nitrogen and oxygen atoms in total. The van der Waals surface area contributed by atoms with Crippen molar-refractivity contribution < 1.29 is 39.6 Å². The van der Waals surface area contributed by atoms with Gasteiger partial charge in [0.15, 0.2) is 0 Å². The number of anilines is 1. The summed E-state index contributed by atoms with van der Waals surface area (Å²) in [6.45, 7) is 6.67. The molecule has 49 heavy (non-hydrogen) atoms. The molecule has 1 aliphatic rings. The van der Waals surface area contributed by atoms with E-state index in [1.165, 1.54) is 10.5 Å². The quantitative estimate of drug-likeness (QED) is 0.148. The first-order chi connectivity index (χ1) is 23.2.